The number of nitrogens with zero attached hydrogens (tertiary/aromatic N) is 3. The Kier molecular flexibility index (Phi) is 9.95. The quantitative estimate of drug-likeness (QED) is 0.593. The number of aliphatic hydroxyl groups excluding tert-OH is 1. The van der Waals surface area contributed by atoms with Crippen molar-refractivity contribution in [2.45, 2.75) is 58.2 Å². The molecular formula is C26H36N3NaO4. The number of pyridine rings is 1. The number of ether oxygens (including phenoxy) is 1. The first-order chi connectivity index (χ1) is 16.0. The zero-order valence-electron chi connectivity index (χ0n) is 19.7. The minimum absolute atomic E-state index is 0. The Morgan fingerprint density at radius 2 is 1.85 bits per heavy atom. The van der Waals surface area contributed by atoms with Crippen LogP contribution < -0.4 is 4.90 Å². The summed E-state index contributed by atoms with van der Waals surface area (Å²) >= 11 is 0. The van der Waals surface area contributed by atoms with Crippen LogP contribution in [-0.4, -0.2) is 101 Å². The van der Waals surface area contributed by atoms with Crippen molar-refractivity contribution in [3.8, 4) is 11.1 Å². The zero-order valence-corrected chi connectivity index (χ0v) is 19.7. The Balaban J connectivity index is 0.00000324. The molecule has 8 heteroatoms. The molecule has 0 amide bonds. The van der Waals surface area contributed by atoms with E-state index < -0.39 is 5.97 Å². The first kappa shape index (κ1) is 27.1. The molecule has 7 nitrogen and oxygen atoms in total. The number of aliphatic hydroxyl groups is 1. The molecule has 34 heavy (non-hydrogen) atoms. The van der Waals surface area contributed by atoms with Crippen LogP contribution in [0.2, 0.25) is 0 Å². The number of piperidine rings is 1. The SMILES string of the molecule is CCN(c1cc(-c2ccc(CN3CCC(O)CC3)nc2)cc(C(=O)O)c1C)C1CCOCC1.[NaH]. The van der Waals surface area contributed by atoms with Gasteiger partial charge in [-0.3, -0.25) is 9.88 Å². The summed E-state index contributed by atoms with van der Waals surface area (Å²) in [7, 11) is 0. The van der Waals surface area contributed by atoms with Crippen molar-refractivity contribution >= 4 is 41.2 Å². The Labute approximate surface area is 224 Å². The van der Waals surface area contributed by atoms with E-state index in [4.69, 9.17) is 4.74 Å². The standard InChI is InChI=1S/C26H35N3O4.Na.H/c1-3-29(22-8-12-33-13-9-22)25-15-20(14-24(18(25)2)26(31)32)19-4-5-21(27-16-19)17-28-10-6-23(30)7-11-28;;/h4-5,14-16,22-23,30H,3,6-13,17H2,1-2H3,(H,31,32);;. The number of carbonyl (C=O) groups is 1. The Bertz CT molecular complexity index is 955. The van der Waals surface area contributed by atoms with Crippen molar-refractivity contribution in [1.29, 1.82) is 0 Å². The molecule has 2 N–H and O–H groups in total. The maximum absolute atomic E-state index is 12.1. The van der Waals surface area contributed by atoms with E-state index in [-0.39, 0.29) is 35.7 Å². The van der Waals surface area contributed by atoms with E-state index in [1.54, 1.807) is 6.07 Å². The van der Waals surface area contributed by atoms with Crippen LogP contribution >= 0.6 is 0 Å². The van der Waals surface area contributed by atoms with Crippen LogP contribution in [0.25, 0.3) is 11.1 Å². The second kappa shape index (κ2) is 12.5. The van der Waals surface area contributed by atoms with Gasteiger partial charge in [-0.05, 0) is 68.9 Å². The Morgan fingerprint density at radius 3 is 2.44 bits per heavy atom. The molecule has 2 saturated heterocycles. The number of likely N-dealkylation sites (tertiary alicyclic amines) is 1. The van der Waals surface area contributed by atoms with Gasteiger partial charge in [0.15, 0.2) is 0 Å². The number of hydrogen-bond acceptors (Lipinski definition) is 6. The molecule has 0 unspecified atom stereocenters. The molecule has 1 aromatic carbocycles. The summed E-state index contributed by atoms with van der Waals surface area (Å²) in [6.45, 7) is 8.86. The van der Waals surface area contributed by atoms with Crippen molar-refractivity contribution in [3.05, 3.63) is 47.3 Å². The van der Waals surface area contributed by atoms with E-state index in [9.17, 15) is 15.0 Å². The molecule has 1 aromatic heterocycles. The van der Waals surface area contributed by atoms with Gasteiger partial charge in [0.05, 0.1) is 17.4 Å². The summed E-state index contributed by atoms with van der Waals surface area (Å²) in [5.74, 6) is -0.907. The van der Waals surface area contributed by atoms with Crippen LogP contribution in [0.4, 0.5) is 5.69 Å². The van der Waals surface area contributed by atoms with E-state index in [0.29, 0.717) is 11.6 Å². The van der Waals surface area contributed by atoms with E-state index in [1.807, 2.05) is 25.3 Å². The second-order valence-electron chi connectivity index (χ2n) is 9.15. The third kappa shape index (κ3) is 6.39. The van der Waals surface area contributed by atoms with Gasteiger partial charge in [-0.25, -0.2) is 4.79 Å². The number of aromatic nitrogens is 1. The van der Waals surface area contributed by atoms with Crippen molar-refractivity contribution in [1.82, 2.24) is 9.88 Å². The molecule has 180 valence electrons. The molecule has 0 saturated carbocycles. The van der Waals surface area contributed by atoms with Gasteiger partial charge in [0, 0.05) is 62.9 Å². The topological polar surface area (TPSA) is 86.1 Å². The number of rotatable bonds is 7. The van der Waals surface area contributed by atoms with Gasteiger partial charge in [-0.15, -0.1) is 0 Å². The summed E-state index contributed by atoms with van der Waals surface area (Å²) in [6.07, 6.45) is 5.18. The van der Waals surface area contributed by atoms with Gasteiger partial charge >= 0.3 is 35.5 Å². The van der Waals surface area contributed by atoms with Crippen molar-refractivity contribution in [2.75, 3.05) is 37.7 Å². The van der Waals surface area contributed by atoms with Crippen LogP contribution in [-0.2, 0) is 11.3 Å². The van der Waals surface area contributed by atoms with Gasteiger partial charge < -0.3 is 19.8 Å². The van der Waals surface area contributed by atoms with Gasteiger partial charge in [-0.2, -0.15) is 0 Å². The molecule has 3 heterocycles. The van der Waals surface area contributed by atoms with Crippen molar-refractivity contribution in [2.24, 2.45) is 0 Å². The van der Waals surface area contributed by atoms with Crippen LogP contribution in [0.15, 0.2) is 30.5 Å². The average Bonchev–Trinajstić information content (AvgIpc) is 2.83. The third-order valence-corrected chi connectivity index (χ3v) is 6.99. The van der Waals surface area contributed by atoms with Gasteiger partial charge in [-0.1, -0.05) is 6.07 Å². The molecule has 0 aliphatic carbocycles. The van der Waals surface area contributed by atoms with Gasteiger partial charge in [0.2, 0.25) is 0 Å². The summed E-state index contributed by atoms with van der Waals surface area (Å²) < 4.78 is 5.54. The van der Waals surface area contributed by atoms with E-state index in [2.05, 4.69) is 27.8 Å². The zero-order chi connectivity index (χ0) is 23.4. The average molecular weight is 478 g/mol. The van der Waals surface area contributed by atoms with Crippen LogP contribution in [0.3, 0.4) is 0 Å². The molecular weight excluding hydrogens is 441 g/mol. The number of aromatic carboxylic acids is 1. The normalized spacial score (nSPS) is 17.9. The summed E-state index contributed by atoms with van der Waals surface area (Å²) in [6, 6.07) is 8.29. The molecule has 2 aliphatic rings. The summed E-state index contributed by atoms with van der Waals surface area (Å²) in [5, 5.41) is 19.6. The van der Waals surface area contributed by atoms with Crippen LogP contribution in [0, 0.1) is 6.92 Å². The molecule has 2 aliphatic heterocycles. The number of anilines is 1. The summed E-state index contributed by atoms with van der Waals surface area (Å²) in [4.78, 5) is 21.4. The fraction of sp³-hybridized carbons (Fsp3) is 0.538. The number of hydrogen-bond donors (Lipinski definition) is 2. The van der Waals surface area contributed by atoms with Crippen LogP contribution in [0.1, 0.15) is 54.2 Å². The first-order valence-electron chi connectivity index (χ1n) is 12.0. The third-order valence-electron chi connectivity index (χ3n) is 6.99. The van der Waals surface area contributed by atoms with Crippen molar-refractivity contribution in [3.63, 3.8) is 0 Å². The number of carboxylic acid groups (broad SMARTS) is 1. The minimum atomic E-state index is -0.907. The number of benzene rings is 1. The molecule has 2 fully saturated rings. The fourth-order valence-electron chi connectivity index (χ4n) is 5.00. The predicted octanol–water partition coefficient (Wildman–Crippen LogP) is 3.07. The second-order valence-corrected chi connectivity index (χ2v) is 9.15. The Hall–Kier alpha value is -1.48. The summed E-state index contributed by atoms with van der Waals surface area (Å²) in [5.41, 5.74) is 4.90. The van der Waals surface area contributed by atoms with Gasteiger partial charge in [0.1, 0.15) is 0 Å². The van der Waals surface area contributed by atoms with Gasteiger partial charge in [0.25, 0.3) is 0 Å². The first-order valence-corrected chi connectivity index (χ1v) is 12.0. The van der Waals surface area contributed by atoms with Crippen molar-refractivity contribution < 1.29 is 19.7 Å². The molecule has 0 atom stereocenters. The molecule has 0 spiro atoms. The van der Waals surface area contributed by atoms with E-state index in [0.717, 1.165) is 93.1 Å². The fourth-order valence-corrected chi connectivity index (χ4v) is 5.00. The molecule has 0 bridgehead atoms. The predicted molar refractivity (Wildman–Crippen MR) is 136 cm³/mol. The molecule has 0 radical (unpaired) electrons. The molecule has 2 aromatic rings. The number of carboxylic acids is 1. The maximum atomic E-state index is 12.1. The Morgan fingerprint density at radius 1 is 1.15 bits per heavy atom. The molecule has 4 rings (SSSR count). The van der Waals surface area contributed by atoms with E-state index in [1.165, 1.54) is 0 Å². The van der Waals surface area contributed by atoms with Crippen LogP contribution in [0.5, 0.6) is 0 Å². The monoisotopic (exact) mass is 477 g/mol. The van der Waals surface area contributed by atoms with E-state index >= 15 is 0 Å².